The molecule has 0 unspecified atom stereocenters. The van der Waals surface area contributed by atoms with E-state index < -0.39 is 46.0 Å². The van der Waals surface area contributed by atoms with E-state index >= 15 is 0 Å². The number of carbonyl (C=O) groups excluding carboxylic acids is 2. The first kappa shape index (κ1) is 20.7. The molecule has 0 aliphatic rings. The Morgan fingerprint density at radius 3 is 2.46 bits per heavy atom. The highest BCUT2D eigenvalue weighted by Crippen LogP contribution is 2.37. The fraction of sp³-hybridized carbons (Fsp3) is 0.250. The fourth-order valence-electron chi connectivity index (χ4n) is 2.00. The molecule has 0 fully saturated rings. The van der Waals surface area contributed by atoms with Gasteiger partial charge in [0.1, 0.15) is 0 Å². The number of alkyl halides is 3. The average Bonchev–Trinajstić information content (AvgIpc) is 2.61. The summed E-state index contributed by atoms with van der Waals surface area (Å²) in [4.78, 5) is 41.3. The van der Waals surface area contributed by atoms with Crippen molar-refractivity contribution < 1.29 is 32.4 Å². The van der Waals surface area contributed by atoms with Crippen LogP contribution in [0.3, 0.4) is 0 Å². The molecule has 0 saturated heterocycles. The first-order chi connectivity index (χ1) is 13.0. The van der Waals surface area contributed by atoms with E-state index in [9.17, 15) is 32.9 Å². The maximum Gasteiger partial charge on any atom is 0.418 e. The Bertz CT molecular complexity index is 915. The van der Waals surface area contributed by atoms with E-state index in [-0.39, 0.29) is 5.69 Å². The van der Waals surface area contributed by atoms with Gasteiger partial charge < -0.3 is 10.1 Å². The van der Waals surface area contributed by atoms with Crippen LogP contribution in [0.1, 0.15) is 28.7 Å². The molecule has 2 rings (SSSR count). The minimum Gasteiger partial charge on any atom is -0.448 e. The molecule has 0 aliphatic carbocycles. The van der Waals surface area contributed by atoms with Gasteiger partial charge in [-0.1, -0.05) is 0 Å². The van der Waals surface area contributed by atoms with Gasteiger partial charge in [0.15, 0.2) is 11.8 Å². The highest BCUT2D eigenvalue weighted by molar-refractivity contribution is 5.97. The van der Waals surface area contributed by atoms with Gasteiger partial charge >= 0.3 is 12.1 Å². The molecule has 0 bridgehead atoms. The molecule has 12 heteroatoms. The molecule has 2 aromatic rings. The van der Waals surface area contributed by atoms with Crippen LogP contribution in [0.2, 0.25) is 0 Å². The maximum absolute atomic E-state index is 13.1. The van der Waals surface area contributed by atoms with Gasteiger partial charge in [-0.2, -0.15) is 13.2 Å². The van der Waals surface area contributed by atoms with Gasteiger partial charge in [0.05, 0.1) is 28.1 Å². The van der Waals surface area contributed by atoms with Crippen LogP contribution in [-0.4, -0.2) is 32.9 Å². The Kier molecular flexibility index (Phi) is 5.91. The van der Waals surface area contributed by atoms with Crippen LogP contribution in [0.4, 0.5) is 24.5 Å². The number of halogens is 3. The summed E-state index contributed by atoms with van der Waals surface area (Å²) in [6, 6.07) is 1.86. The number of anilines is 1. The molecular weight excluding hydrogens is 385 g/mol. The van der Waals surface area contributed by atoms with E-state index in [1.54, 1.807) is 6.92 Å². The number of benzene rings is 1. The summed E-state index contributed by atoms with van der Waals surface area (Å²) in [7, 11) is 0. The van der Waals surface area contributed by atoms with Crippen LogP contribution in [0.5, 0.6) is 0 Å². The molecule has 1 aromatic carbocycles. The minimum atomic E-state index is -4.95. The first-order valence-corrected chi connectivity index (χ1v) is 7.65. The van der Waals surface area contributed by atoms with Crippen LogP contribution in [0.25, 0.3) is 0 Å². The highest BCUT2D eigenvalue weighted by Gasteiger charge is 2.36. The lowest BCUT2D eigenvalue weighted by atomic mass is 10.1. The van der Waals surface area contributed by atoms with Crippen LogP contribution in [0, 0.1) is 17.0 Å². The van der Waals surface area contributed by atoms with E-state index in [0.29, 0.717) is 11.8 Å². The fourth-order valence-corrected chi connectivity index (χ4v) is 2.00. The maximum atomic E-state index is 13.1. The van der Waals surface area contributed by atoms with Crippen LogP contribution >= 0.6 is 0 Å². The quantitative estimate of drug-likeness (QED) is 0.466. The lowest BCUT2D eigenvalue weighted by Crippen LogP contribution is -2.31. The average molecular weight is 398 g/mol. The van der Waals surface area contributed by atoms with Gasteiger partial charge in [0.2, 0.25) is 0 Å². The van der Waals surface area contributed by atoms with E-state index in [4.69, 9.17) is 4.74 Å². The largest absolute Gasteiger partial charge is 0.448 e. The van der Waals surface area contributed by atoms with Gasteiger partial charge in [0.25, 0.3) is 11.6 Å². The van der Waals surface area contributed by atoms with Crippen LogP contribution in [0.15, 0.2) is 30.6 Å². The monoisotopic (exact) mass is 398 g/mol. The zero-order valence-corrected chi connectivity index (χ0v) is 14.5. The SMILES string of the molecule is Cc1cnc(C(=O)O[C@@H](C)C(=O)Nc2ccc([N+](=O)[O-])cc2C(F)(F)F)cn1. The summed E-state index contributed by atoms with van der Waals surface area (Å²) in [6.07, 6.45) is -3.99. The number of non-ortho nitro benzene ring substituents is 1. The first-order valence-electron chi connectivity index (χ1n) is 7.65. The zero-order chi connectivity index (χ0) is 21.1. The third-order valence-electron chi connectivity index (χ3n) is 3.42. The molecule has 1 aromatic heterocycles. The molecule has 1 atom stereocenters. The van der Waals surface area contributed by atoms with Crippen molar-refractivity contribution in [3.63, 3.8) is 0 Å². The van der Waals surface area contributed by atoms with Gasteiger partial charge in [-0.3, -0.25) is 19.9 Å². The summed E-state index contributed by atoms with van der Waals surface area (Å²) >= 11 is 0. The molecule has 1 N–H and O–H groups in total. The third kappa shape index (κ3) is 4.99. The normalized spacial score (nSPS) is 12.2. The number of nitro groups is 1. The summed E-state index contributed by atoms with van der Waals surface area (Å²) in [5.41, 5.74) is -2.54. The number of aromatic nitrogens is 2. The van der Waals surface area contributed by atoms with Gasteiger partial charge in [-0.25, -0.2) is 9.78 Å². The Morgan fingerprint density at radius 1 is 1.25 bits per heavy atom. The Balaban J connectivity index is 2.16. The third-order valence-corrected chi connectivity index (χ3v) is 3.42. The van der Waals surface area contributed by atoms with E-state index in [2.05, 4.69) is 9.97 Å². The smallest absolute Gasteiger partial charge is 0.418 e. The standard InChI is InChI=1S/C16H13F3N4O5/c1-8-6-21-13(7-20-8)15(25)28-9(2)14(24)22-12-4-3-10(23(26)27)5-11(12)16(17,18)19/h3-7,9H,1-2H3,(H,22,24)/t9-/m0/s1. The Labute approximate surface area is 155 Å². The molecule has 0 spiro atoms. The number of nitro benzene ring substituents is 1. The van der Waals surface area contributed by atoms with Gasteiger partial charge in [0, 0.05) is 18.3 Å². The topological polar surface area (TPSA) is 124 Å². The highest BCUT2D eigenvalue weighted by atomic mass is 19.4. The Morgan fingerprint density at radius 2 is 1.93 bits per heavy atom. The second kappa shape index (κ2) is 7.98. The van der Waals surface area contributed by atoms with E-state index in [1.807, 2.05) is 5.32 Å². The predicted octanol–water partition coefficient (Wildman–Crippen LogP) is 2.90. The zero-order valence-electron chi connectivity index (χ0n) is 14.5. The molecule has 9 nitrogen and oxygen atoms in total. The van der Waals surface area contributed by atoms with Crippen molar-refractivity contribution in [2.45, 2.75) is 26.1 Å². The molecule has 1 heterocycles. The van der Waals surface area contributed by atoms with Gasteiger partial charge in [-0.05, 0) is 19.9 Å². The van der Waals surface area contributed by atoms with Crippen LogP contribution in [-0.2, 0) is 15.7 Å². The van der Waals surface area contributed by atoms with Gasteiger partial charge in [-0.15, -0.1) is 0 Å². The van der Waals surface area contributed by atoms with Crippen molar-refractivity contribution >= 4 is 23.3 Å². The van der Waals surface area contributed by atoms with E-state index in [0.717, 1.165) is 25.3 Å². The summed E-state index contributed by atoms with van der Waals surface area (Å²) in [5.74, 6) is -2.05. The summed E-state index contributed by atoms with van der Waals surface area (Å²) in [5, 5.41) is 12.6. The number of amides is 1. The molecule has 0 radical (unpaired) electrons. The van der Waals surface area contributed by atoms with E-state index in [1.165, 1.54) is 6.20 Å². The summed E-state index contributed by atoms with van der Waals surface area (Å²) < 4.78 is 44.3. The summed E-state index contributed by atoms with van der Waals surface area (Å²) in [6.45, 7) is 2.79. The molecular formula is C16H13F3N4O5. The number of rotatable bonds is 5. The second-order valence-corrected chi connectivity index (χ2v) is 5.56. The number of ether oxygens (including phenoxy) is 1. The van der Waals surface area contributed by atoms with Crippen LogP contribution < -0.4 is 5.32 Å². The second-order valence-electron chi connectivity index (χ2n) is 5.56. The van der Waals surface area contributed by atoms with Crippen molar-refractivity contribution in [3.8, 4) is 0 Å². The van der Waals surface area contributed by atoms with Crippen molar-refractivity contribution in [1.82, 2.24) is 9.97 Å². The molecule has 0 saturated carbocycles. The number of aryl methyl sites for hydroxylation is 1. The minimum absolute atomic E-state index is 0.184. The molecule has 148 valence electrons. The lowest BCUT2D eigenvalue weighted by molar-refractivity contribution is -0.385. The van der Waals surface area contributed by atoms with Crippen molar-refractivity contribution in [1.29, 1.82) is 0 Å². The van der Waals surface area contributed by atoms with Crippen molar-refractivity contribution in [2.24, 2.45) is 0 Å². The molecule has 28 heavy (non-hydrogen) atoms. The van der Waals surface area contributed by atoms with Crippen molar-refractivity contribution in [2.75, 3.05) is 5.32 Å². The number of nitrogens with zero attached hydrogens (tertiary/aromatic N) is 3. The molecule has 1 amide bonds. The molecule has 0 aliphatic heterocycles. The number of nitrogens with one attached hydrogen (secondary N) is 1. The number of hydrogen-bond acceptors (Lipinski definition) is 7. The predicted molar refractivity (Wildman–Crippen MR) is 88.4 cm³/mol. The van der Waals surface area contributed by atoms with Crippen molar-refractivity contribution in [3.05, 3.63) is 57.7 Å². The Hall–Kier alpha value is -3.57. The number of esters is 1. The number of hydrogen-bond donors (Lipinski definition) is 1. The lowest BCUT2D eigenvalue weighted by Gasteiger charge is -2.16. The number of carbonyl (C=O) groups is 2.